The van der Waals surface area contributed by atoms with Crippen molar-refractivity contribution in [3.8, 4) is 0 Å². The summed E-state index contributed by atoms with van der Waals surface area (Å²) in [5.74, 6) is -1.92. The first kappa shape index (κ1) is 22.7. The third-order valence-electron chi connectivity index (χ3n) is 5.34. The van der Waals surface area contributed by atoms with E-state index in [0.29, 0.717) is 47.9 Å². The SMILES string of the molecule is Cc1ccc(S(=O)(=O)N/N=C2\CCCc3oc(C(=O)Nc4ccc(F)cc4F)c(C)c32)cc1. The van der Waals surface area contributed by atoms with E-state index in [-0.39, 0.29) is 16.3 Å². The molecule has 1 aromatic heterocycles. The van der Waals surface area contributed by atoms with Crippen molar-refractivity contribution >= 4 is 27.3 Å². The number of nitrogens with zero attached hydrogens (tertiary/aromatic N) is 1. The average Bonchev–Trinajstić information content (AvgIpc) is 3.12. The number of carbonyl (C=O) groups is 1. The number of hydrazone groups is 1. The fourth-order valence-electron chi connectivity index (χ4n) is 3.65. The minimum atomic E-state index is -3.87. The molecule has 0 saturated carbocycles. The summed E-state index contributed by atoms with van der Waals surface area (Å²) in [4.78, 5) is 15.0. The lowest BCUT2D eigenvalue weighted by molar-refractivity contribution is 0.0993. The molecule has 0 atom stereocenters. The van der Waals surface area contributed by atoms with Gasteiger partial charge in [-0.2, -0.15) is 18.4 Å². The van der Waals surface area contributed by atoms with Crippen LogP contribution in [-0.4, -0.2) is 20.0 Å². The zero-order valence-corrected chi connectivity index (χ0v) is 18.7. The topological polar surface area (TPSA) is 101 Å². The zero-order valence-electron chi connectivity index (χ0n) is 17.9. The van der Waals surface area contributed by atoms with Gasteiger partial charge < -0.3 is 9.73 Å². The van der Waals surface area contributed by atoms with Gasteiger partial charge in [0.1, 0.15) is 17.4 Å². The van der Waals surface area contributed by atoms with Crippen LogP contribution in [0.15, 0.2) is 56.9 Å². The third kappa shape index (κ3) is 4.65. The first-order valence-electron chi connectivity index (χ1n) is 10.2. The summed E-state index contributed by atoms with van der Waals surface area (Å²) in [5, 5.41) is 6.50. The maximum absolute atomic E-state index is 13.9. The number of aryl methyl sites for hydroxylation is 2. The van der Waals surface area contributed by atoms with E-state index in [1.54, 1.807) is 19.1 Å². The minimum absolute atomic E-state index is 0.0419. The Morgan fingerprint density at radius 1 is 1.06 bits per heavy atom. The van der Waals surface area contributed by atoms with E-state index in [4.69, 9.17) is 4.42 Å². The van der Waals surface area contributed by atoms with Gasteiger partial charge in [-0.15, -0.1) is 0 Å². The lowest BCUT2D eigenvalue weighted by Crippen LogP contribution is -2.22. The van der Waals surface area contributed by atoms with Gasteiger partial charge in [-0.25, -0.2) is 8.78 Å². The Balaban J connectivity index is 1.60. The monoisotopic (exact) mass is 473 g/mol. The third-order valence-corrected chi connectivity index (χ3v) is 6.57. The van der Waals surface area contributed by atoms with Crippen LogP contribution in [0, 0.1) is 25.5 Å². The Bertz CT molecular complexity index is 1360. The standard InChI is InChI=1S/C23H21F2N3O4S/c1-13-6-9-16(10-7-13)33(30,31)28-27-19-4-3-5-20-21(19)14(2)22(32-20)23(29)26-18-11-8-15(24)12-17(18)25/h6-12,28H,3-5H2,1-2H3,(H,26,29)/b27-19+. The Kier molecular flexibility index (Phi) is 6.03. The number of anilines is 1. The van der Waals surface area contributed by atoms with Crippen molar-refractivity contribution in [1.82, 2.24) is 4.83 Å². The van der Waals surface area contributed by atoms with Crippen LogP contribution >= 0.6 is 0 Å². The van der Waals surface area contributed by atoms with Crippen LogP contribution in [0.2, 0.25) is 0 Å². The fraction of sp³-hybridized carbons (Fsp3) is 0.217. The lowest BCUT2D eigenvalue weighted by Gasteiger charge is -2.14. The van der Waals surface area contributed by atoms with E-state index < -0.39 is 27.6 Å². The predicted octanol–water partition coefficient (Wildman–Crippen LogP) is 4.45. The van der Waals surface area contributed by atoms with Crippen molar-refractivity contribution in [2.45, 2.75) is 38.0 Å². The van der Waals surface area contributed by atoms with Crippen LogP contribution in [0.4, 0.5) is 14.5 Å². The number of nitrogens with one attached hydrogen (secondary N) is 2. The summed E-state index contributed by atoms with van der Waals surface area (Å²) < 4.78 is 57.9. The molecule has 1 aliphatic rings. The molecule has 0 saturated heterocycles. The maximum Gasteiger partial charge on any atom is 0.291 e. The molecule has 2 N–H and O–H groups in total. The molecule has 0 unspecified atom stereocenters. The Morgan fingerprint density at radius 2 is 1.79 bits per heavy atom. The van der Waals surface area contributed by atoms with Crippen molar-refractivity contribution in [2.75, 3.05) is 5.32 Å². The smallest absolute Gasteiger partial charge is 0.291 e. The number of furan rings is 1. The normalized spacial score (nSPS) is 14.7. The molecular weight excluding hydrogens is 452 g/mol. The quantitative estimate of drug-likeness (QED) is 0.535. The van der Waals surface area contributed by atoms with Crippen molar-refractivity contribution in [1.29, 1.82) is 0 Å². The average molecular weight is 474 g/mol. The van der Waals surface area contributed by atoms with Gasteiger partial charge in [0.05, 0.1) is 16.3 Å². The van der Waals surface area contributed by atoms with Gasteiger partial charge in [0, 0.05) is 23.6 Å². The molecule has 0 radical (unpaired) electrons. The number of hydrogen-bond donors (Lipinski definition) is 2. The molecule has 1 heterocycles. The second-order valence-electron chi connectivity index (χ2n) is 7.75. The van der Waals surface area contributed by atoms with E-state index in [9.17, 15) is 22.0 Å². The first-order chi connectivity index (χ1) is 15.7. The Hall–Kier alpha value is -3.53. The highest BCUT2D eigenvalue weighted by atomic mass is 32.2. The molecule has 7 nitrogen and oxygen atoms in total. The molecule has 3 aromatic rings. The van der Waals surface area contributed by atoms with Crippen LogP contribution < -0.4 is 10.1 Å². The number of halogens is 2. The second kappa shape index (κ2) is 8.78. The van der Waals surface area contributed by atoms with Crippen LogP contribution in [0.5, 0.6) is 0 Å². The number of fused-ring (bicyclic) bond motifs is 1. The number of amides is 1. The van der Waals surface area contributed by atoms with Gasteiger partial charge >= 0.3 is 0 Å². The zero-order chi connectivity index (χ0) is 23.8. The van der Waals surface area contributed by atoms with Gasteiger partial charge in [0.25, 0.3) is 15.9 Å². The highest BCUT2D eigenvalue weighted by molar-refractivity contribution is 7.89. The molecular formula is C23H21F2N3O4S. The van der Waals surface area contributed by atoms with E-state index in [1.807, 2.05) is 6.92 Å². The molecule has 33 heavy (non-hydrogen) atoms. The molecule has 10 heteroatoms. The minimum Gasteiger partial charge on any atom is -0.455 e. The summed E-state index contributed by atoms with van der Waals surface area (Å²) in [6.45, 7) is 3.50. The van der Waals surface area contributed by atoms with Crippen molar-refractivity contribution < 1.29 is 26.4 Å². The highest BCUT2D eigenvalue weighted by Gasteiger charge is 2.29. The summed E-state index contributed by atoms with van der Waals surface area (Å²) in [6, 6.07) is 9.18. The van der Waals surface area contributed by atoms with Crippen LogP contribution in [-0.2, 0) is 16.4 Å². The summed E-state index contributed by atoms with van der Waals surface area (Å²) >= 11 is 0. The molecule has 0 spiro atoms. The van der Waals surface area contributed by atoms with E-state index in [2.05, 4.69) is 15.2 Å². The molecule has 172 valence electrons. The van der Waals surface area contributed by atoms with E-state index in [0.717, 1.165) is 17.7 Å². The van der Waals surface area contributed by atoms with Crippen LogP contribution in [0.1, 0.15) is 45.8 Å². The van der Waals surface area contributed by atoms with Crippen molar-refractivity contribution in [2.24, 2.45) is 5.10 Å². The lowest BCUT2D eigenvalue weighted by atomic mass is 9.93. The van der Waals surface area contributed by atoms with Crippen LogP contribution in [0.3, 0.4) is 0 Å². The van der Waals surface area contributed by atoms with Gasteiger partial charge in [-0.3, -0.25) is 4.79 Å². The summed E-state index contributed by atoms with van der Waals surface area (Å²) in [7, 11) is -3.87. The molecule has 1 amide bonds. The number of hydrogen-bond acceptors (Lipinski definition) is 5. The number of rotatable bonds is 5. The molecule has 2 aromatic carbocycles. The molecule has 1 aliphatic carbocycles. The van der Waals surface area contributed by atoms with Gasteiger partial charge in [0.2, 0.25) is 0 Å². The summed E-state index contributed by atoms with van der Waals surface area (Å²) in [6.07, 6.45) is 1.67. The Labute approximate surface area is 189 Å². The van der Waals surface area contributed by atoms with E-state index >= 15 is 0 Å². The van der Waals surface area contributed by atoms with Crippen LogP contribution in [0.25, 0.3) is 0 Å². The largest absolute Gasteiger partial charge is 0.455 e. The maximum atomic E-state index is 13.9. The molecule has 0 bridgehead atoms. The summed E-state index contributed by atoms with van der Waals surface area (Å²) in [5.41, 5.74) is 2.20. The van der Waals surface area contributed by atoms with E-state index in [1.165, 1.54) is 12.1 Å². The number of sulfonamides is 1. The molecule has 0 fully saturated rings. The van der Waals surface area contributed by atoms with Crippen molar-refractivity contribution in [3.05, 3.63) is 82.3 Å². The number of carbonyl (C=O) groups excluding carboxylic acids is 1. The Morgan fingerprint density at radius 3 is 2.48 bits per heavy atom. The second-order valence-corrected chi connectivity index (χ2v) is 9.41. The van der Waals surface area contributed by atoms with Gasteiger partial charge in [-0.05, 0) is 51.0 Å². The van der Waals surface area contributed by atoms with Gasteiger partial charge in [-0.1, -0.05) is 17.7 Å². The highest BCUT2D eigenvalue weighted by Crippen LogP contribution is 2.30. The molecule has 0 aliphatic heterocycles. The first-order valence-corrected chi connectivity index (χ1v) is 11.7. The van der Waals surface area contributed by atoms with Crippen molar-refractivity contribution in [3.63, 3.8) is 0 Å². The predicted molar refractivity (Wildman–Crippen MR) is 119 cm³/mol. The molecule has 4 rings (SSSR count). The van der Waals surface area contributed by atoms with Gasteiger partial charge in [0.15, 0.2) is 5.76 Å². The fourth-order valence-corrected chi connectivity index (χ4v) is 4.48. The number of benzene rings is 2.